The normalized spacial score (nSPS) is 16.4. The Kier molecular flexibility index (Phi) is 12.1. The average Bonchev–Trinajstić information content (AvgIpc) is 2.56. The molecule has 0 aromatic heterocycles. The summed E-state index contributed by atoms with van der Waals surface area (Å²) in [5, 5.41) is 6.12. The number of nitrogens with zero attached hydrogens (tertiary/aromatic N) is 1. The number of hydrogen-bond donors (Lipinski definition) is 2. The van der Waals surface area contributed by atoms with Gasteiger partial charge in [-0.05, 0) is 50.0 Å². The Morgan fingerprint density at radius 1 is 1.20 bits per heavy atom. The molecule has 2 N–H and O–H groups in total. The molecule has 1 aromatic carbocycles. The lowest BCUT2D eigenvalue weighted by molar-refractivity contribution is -0.124. The molecule has 4 nitrogen and oxygen atoms in total. The minimum Gasteiger partial charge on any atom is -0.352 e. The Hall–Kier alpha value is -0.810. The van der Waals surface area contributed by atoms with Crippen LogP contribution in [-0.2, 0) is 17.9 Å². The van der Waals surface area contributed by atoms with Gasteiger partial charge in [-0.25, -0.2) is 0 Å². The van der Waals surface area contributed by atoms with Crippen LogP contribution >= 0.6 is 24.8 Å². The fourth-order valence-corrected chi connectivity index (χ4v) is 3.10. The number of nitrogens with one attached hydrogen (secondary N) is 2. The molecule has 25 heavy (non-hydrogen) atoms. The molecule has 0 bridgehead atoms. The van der Waals surface area contributed by atoms with Crippen molar-refractivity contribution in [3.05, 3.63) is 35.4 Å². The molecule has 2 rings (SSSR count). The van der Waals surface area contributed by atoms with E-state index in [-0.39, 0.29) is 36.6 Å². The van der Waals surface area contributed by atoms with E-state index < -0.39 is 0 Å². The number of carbonyl (C=O) groups is 1. The minimum absolute atomic E-state index is 0. The highest BCUT2D eigenvalue weighted by Crippen LogP contribution is 2.19. The van der Waals surface area contributed by atoms with Gasteiger partial charge in [0.05, 0.1) is 0 Å². The minimum atomic E-state index is -0.00394. The van der Waals surface area contributed by atoms with Crippen LogP contribution in [0.1, 0.15) is 37.8 Å². The van der Waals surface area contributed by atoms with E-state index in [1.165, 1.54) is 37.1 Å². The molecule has 1 atom stereocenters. The van der Waals surface area contributed by atoms with Crippen molar-refractivity contribution < 1.29 is 4.79 Å². The first-order valence-electron chi connectivity index (χ1n) is 8.81. The van der Waals surface area contributed by atoms with E-state index in [4.69, 9.17) is 0 Å². The number of hydrogen-bond acceptors (Lipinski definition) is 3. The van der Waals surface area contributed by atoms with Gasteiger partial charge in [0.25, 0.3) is 0 Å². The molecule has 0 radical (unpaired) electrons. The van der Waals surface area contributed by atoms with Gasteiger partial charge < -0.3 is 10.6 Å². The van der Waals surface area contributed by atoms with Crippen molar-refractivity contribution in [2.24, 2.45) is 11.8 Å². The maximum atomic E-state index is 12.1. The summed E-state index contributed by atoms with van der Waals surface area (Å²) >= 11 is 0. The fraction of sp³-hybridized carbons (Fsp3) is 0.632. The highest BCUT2D eigenvalue weighted by Gasteiger charge is 2.17. The summed E-state index contributed by atoms with van der Waals surface area (Å²) in [4.78, 5) is 14.6. The maximum absolute atomic E-state index is 12.1. The van der Waals surface area contributed by atoms with Crippen molar-refractivity contribution in [2.75, 3.05) is 26.7 Å². The number of rotatable bonds is 7. The zero-order chi connectivity index (χ0) is 16.7. The van der Waals surface area contributed by atoms with Crippen molar-refractivity contribution in [3.8, 4) is 0 Å². The molecule has 6 heteroatoms. The standard InChI is InChI=1S/C19H31N3O.2ClH/c1-15-8-10-22(11-9-15)14-18-7-5-4-6-17(18)13-21-19(23)16(2)12-20-3;;/h4-7,15-16,20H,8-14H2,1-3H3,(H,21,23);2*1H. The molecule has 1 saturated heterocycles. The van der Waals surface area contributed by atoms with Gasteiger partial charge in [0.1, 0.15) is 0 Å². The predicted octanol–water partition coefficient (Wildman–Crippen LogP) is 3.23. The van der Waals surface area contributed by atoms with E-state index in [0.717, 1.165) is 12.5 Å². The van der Waals surface area contributed by atoms with Crippen LogP contribution < -0.4 is 10.6 Å². The first-order valence-corrected chi connectivity index (χ1v) is 8.81. The SMILES string of the molecule is CNCC(C)C(=O)NCc1ccccc1CN1CCC(C)CC1.Cl.Cl. The Morgan fingerprint density at radius 2 is 1.80 bits per heavy atom. The third kappa shape index (κ3) is 7.95. The second-order valence-electron chi connectivity index (χ2n) is 6.90. The van der Waals surface area contributed by atoms with E-state index in [1.54, 1.807) is 0 Å². The lowest BCUT2D eigenvalue weighted by atomic mass is 9.98. The van der Waals surface area contributed by atoms with Crippen molar-refractivity contribution in [2.45, 2.75) is 39.8 Å². The summed E-state index contributed by atoms with van der Waals surface area (Å²) in [5.74, 6) is 0.964. The third-order valence-electron chi connectivity index (χ3n) is 4.80. The summed E-state index contributed by atoms with van der Waals surface area (Å²) in [6.07, 6.45) is 2.58. The van der Waals surface area contributed by atoms with Gasteiger partial charge in [0, 0.05) is 25.6 Å². The second-order valence-corrected chi connectivity index (χ2v) is 6.90. The fourth-order valence-electron chi connectivity index (χ4n) is 3.10. The Morgan fingerprint density at radius 3 is 2.40 bits per heavy atom. The molecular formula is C19H33Cl2N3O. The van der Waals surface area contributed by atoms with Crippen LogP contribution in [0, 0.1) is 11.8 Å². The van der Waals surface area contributed by atoms with Crippen LogP contribution in [0.2, 0.25) is 0 Å². The Balaban J connectivity index is 0.00000288. The summed E-state index contributed by atoms with van der Waals surface area (Å²) in [6.45, 7) is 8.97. The van der Waals surface area contributed by atoms with E-state index in [1.807, 2.05) is 14.0 Å². The quantitative estimate of drug-likeness (QED) is 0.751. The highest BCUT2D eigenvalue weighted by molar-refractivity contribution is 5.85. The third-order valence-corrected chi connectivity index (χ3v) is 4.80. The van der Waals surface area contributed by atoms with Crippen molar-refractivity contribution in [1.29, 1.82) is 0 Å². The zero-order valence-electron chi connectivity index (χ0n) is 15.6. The highest BCUT2D eigenvalue weighted by atomic mass is 35.5. The molecule has 1 unspecified atom stereocenters. The van der Waals surface area contributed by atoms with Gasteiger partial charge in [-0.2, -0.15) is 0 Å². The molecule has 1 aliphatic heterocycles. The number of halogens is 2. The molecule has 1 fully saturated rings. The summed E-state index contributed by atoms with van der Waals surface area (Å²) < 4.78 is 0. The first kappa shape index (κ1) is 24.2. The molecule has 0 aliphatic carbocycles. The van der Waals surface area contributed by atoms with Crippen LogP contribution in [0.5, 0.6) is 0 Å². The first-order chi connectivity index (χ1) is 11.1. The van der Waals surface area contributed by atoms with Crippen LogP contribution in [0.15, 0.2) is 24.3 Å². The van der Waals surface area contributed by atoms with Gasteiger partial charge in [0.15, 0.2) is 0 Å². The van der Waals surface area contributed by atoms with Crippen LogP contribution in [0.4, 0.5) is 0 Å². The monoisotopic (exact) mass is 389 g/mol. The van der Waals surface area contributed by atoms with E-state index >= 15 is 0 Å². The van der Waals surface area contributed by atoms with Gasteiger partial charge in [-0.1, -0.05) is 38.1 Å². The molecule has 1 aliphatic rings. The van der Waals surface area contributed by atoms with Crippen LogP contribution in [0.25, 0.3) is 0 Å². The Labute approximate surface area is 164 Å². The second kappa shape index (κ2) is 12.5. The summed E-state index contributed by atoms with van der Waals surface area (Å²) in [5.41, 5.74) is 2.57. The number of amides is 1. The van der Waals surface area contributed by atoms with E-state index in [9.17, 15) is 4.79 Å². The maximum Gasteiger partial charge on any atom is 0.224 e. The van der Waals surface area contributed by atoms with Gasteiger partial charge in [-0.15, -0.1) is 24.8 Å². The van der Waals surface area contributed by atoms with Crippen molar-refractivity contribution in [3.63, 3.8) is 0 Å². The number of piperidine rings is 1. The largest absolute Gasteiger partial charge is 0.352 e. The lowest BCUT2D eigenvalue weighted by Crippen LogP contribution is -2.35. The smallest absolute Gasteiger partial charge is 0.224 e. The van der Waals surface area contributed by atoms with Gasteiger partial charge in [-0.3, -0.25) is 9.69 Å². The van der Waals surface area contributed by atoms with Crippen molar-refractivity contribution in [1.82, 2.24) is 15.5 Å². The predicted molar refractivity (Wildman–Crippen MR) is 110 cm³/mol. The summed E-state index contributed by atoms with van der Waals surface area (Å²) in [7, 11) is 1.87. The number of carbonyl (C=O) groups excluding carboxylic acids is 1. The number of benzene rings is 1. The van der Waals surface area contributed by atoms with Gasteiger partial charge in [0.2, 0.25) is 5.91 Å². The molecule has 1 amide bonds. The van der Waals surface area contributed by atoms with E-state index in [0.29, 0.717) is 13.1 Å². The molecule has 1 aromatic rings. The zero-order valence-corrected chi connectivity index (χ0v) is 17.2. The molecule has 0 saturated carbocycles. The topological polar surface area (TPSA) is 44.4 Å². The Bertz CT molecular complexity index is 505. The van der Waals surface area contributed by atoms with E-state index in [2.05, 4.69) is 46.7 Å². The molecule has 144 valence electrons. The van der Waals surface area contributed by atoms with Gasteiger partial charge >= 0.3 is 0 Å². The van der Waals surface area contributed by atoms with Crippen LogP contribution in [0.3, 0.4) is 0 Å². The van der Waals surface area contributed by atoms with Crippen LogP contribution in [-0.4, -0.2) is 37.5 Å². The molecule has 1 heterocycles. The molecule has 0 spiro atoms. The summed E-state index contributed by atoms with van der Waals surface area (Å²) in [6, 6.07) is 8.47. The molecular weight excluding hydrogens is 357 g/mol. The van der Waals surface area contributed by atoms with Crippen molar-refractivity contribution >= 4 is 30.7 Å². The average molecular weight is 390 g/mol. The number of likely N-dealkylation sites (tertiary alicyclic amines) is 1. The lowest BCUT2D eigenvalue weighted by Gasteiger charge is -2.30.